The van der Waals surface area contributed by atoms with Gasteiger partial charge in [0.25, 0.3) is 5.82 Å². The summed E-state index contributed by atoms with van der Waals surface area (Å²) in [6.07, 6.45) is -3.32. The molecule has 0 aliphatic rings. The first kappa shape index (κ1) is 20.5. The van der Waals surface area contributed by atoms with E-state index in [2.05, 4.69) is 0 Å². The SMILES string of the molecule is Nc1cc(C(F)(F)F)cc[n+]1N.O=P([O-])(c1ccccc1)c1ccccc1. The van der Waals surface area contributed by atoms with E-state index < -0.39 is 19.1 Å². The van der Waals surface area contributed by atoms with E-state index >= 15 is 0 Å². The van der Waals surface area contributed by atoms with Gasteiger partial charge in [0.05, 0.1) is 12.9 Å². The van der Waals surface area contributed by atoms with E-state index in [1.165, 1.54) is 0 Å². The van der Waals surface area contributed by atoms with Crippen LogP contribution in [-0.2, 0) is 10.7 Å². The summed E-state index contributed by atoms with van der Waals surface area (Å²) in [5.74, 6) is 5.02. The molecule has 3 rings (SSSR count). The van der Waals surface area contributed by atoms with Crippen molar-refractivity contribution < 1.29 is 27.3 Å². The molecule has 0 aliphatic carbocycles. The van der Waals surface area contributed by atoms with Crippen LogP contribution in [0.2, 0.25) is 0 Å². The van der Waals surface area contributed by atoms with Crippen LogP contribution in [0.3, 0.4) is 0 Å². The van der Waals surface area contributed by atoms with Gasteiger partial charge in [0, 0.05) is 16.7 Å². The topological polar surface area (TPSA) is 96.1 Å². The first-order chi connectivity index (χ1) is 12.6. The van der Waals surface area contributed by atoms with E-state index in [0.717, 1.165) is 23.0 Å². The number of benzene rings is 2. The van der Waals surface area contributed by atoms with E-state index in [1.54, 1.807) is 60.7 Å². The van der Waals surface area contributed by atoms with E-state index in [4.69, 9.17) is 11.6 Å². The lowest BCUT2D eigenvalue weighted by Crippen LogP contribution is -2.46. The minimum Gasteiger partial charge on any atom is -0.793 e. The summed E-state index contributed by atoms with van der Waals surface area (Å²) in [5, 5.41) is 0.715. The highest BCUT2D eigenvalue weighted by molar-refractivity contribution is 7.72. The van der Waals surface area contributed by atoms with Crippen molar-refractivity contribution in [3.05, 3.63) is 84.6 Å². The van der Waals surface area contributed by atoms with Crippen molar-refractivity contribution in [3.8, 4) is 0 Å². The van der Waals surface area contributed by atoms with Crippen LogP contribution in [-0.4, -0.2) is 0 Å². The molecule has 0 radical (unpaired) electrons. The van der Waals surface area contributed by atoms with Crippen molar-refractivity contribution in [3.63, 3.8) is 0 Å². The molecule has 0 atom stereocenters. The van der Waals surface area contributed by atoms with Crippen molar-refractivity contribution in [1.82, 2.24) is 0 Å². The maximum atomic E-state index is 12.1. The normalized spacial score (nSPS) is 11.4. The summed E-state index contributed by atoms with van der Waals surface area (Å²) in [5.41, 5.74) is 4.35. The van der Waals surface area contributed by atoms with Crippen molar-refractivity contribution in [2.24, 2.45) is 0 Å². The van der Waals surface area contributed by atoms with Crippen LogP contribution in [0.25, 0.3) is 0 Å². The molecule has 3 aromatic rings. The van der Waals surface area contributed by atoms with Gasteiger partial charge in [-0.3, -0.25) is 11.6 Å². The fraction of sp³-hybridized carbons (Fsp3) is 0.0556. The van der Waals surface area contributed by atoms with E-state index in [9.17, 15) is 22.6 Å². The van der Waals surface area contributed by atoms with Crippen molar-refractivity contribution in [2.75, 3.05) is 11.6 Å². The lowest BCUT2D eigenvalue weighted by molar-refractivity contribution is -0.624. The molecule has 0 aliphatic heterocycles. The fourth-order valence-electron chi connectivity index (χ4n) is 2.10. The fourth-order valence-corrected chi connectivity index (χ4v) is 3.53. The summed E-state index contributed by atoms with van der Waals surface area (Å²) in [7, 11) is -3.65. The molecule has 0 amide bonds. The zero-order valence-corrected chi connectivity index (χ0v) is 14.9. The lowest BCUT2D eigenvalue weighted by Gasteiger charge is -2.23. The number of rotatable bonds is 2. The van der Waals surface area contributed by atoms with Crippen LogP contribution < -0.4 is 31.8 Å². The molecule has 0 unspecified atom stereocenters. The Morgan fingerprint density at radius 3 is 1.70 bits per heavy atom. The minimum absolute atomic E-state index is 0.134. The quantitative estimate of drug-likeness (QED) is 0.391. The van der Waals surface area contributed by atoms with Gasteiger partial charge in [-0.05, 0) is 6.07 Å². The Morgan fingerprint density at radius 1 is 0.889 bits per heavy atom. The Labute approximate surface area is 154 Å². The van der Waals surface area contributed by atoms with Crippen molar-refractivity contribution in [1.29, 1.82) is 0 Å². The van der Waals surface area contributed by atoms with Crippen LogP contribution in [0.4, 0.5) is 19.0 Å². The van der Waals surface area contributed by atoms with Gasteiger partial charge in [-0.25, -0.2) is 0 Å². The highest BCUT2D eigenvalue weighted by Crippen LogP contribution is 2.32. The van der Waals surface area contributed by atoms with Gasteiger partial charge in [0.15, 0.2) is 0 Å². The zero-order chi connectivity index (χ0) is 20.1. The molecule has 142 valence electrons. The van der Waals surface area contributed by atoms with E-state index in [1.807, 2.05) is 0 Å². The van der Waals surface area contributed by atoms with Crippen molar-refractivity contribution >= 4 is 23.8 Å². The summed E-state index contributed by atoms with van der Waals surface area (Å²) in [6, 6.07) is 18.6. The highest BCUT2D eigenvalue weighted by atomic mass is 31.2. The number of aromatic nitrogens is 1. The van der Waals surface area contributed by atoms with Gasteiger partial charge in [-0.15, -0.1) is 4.68 Å². The minimum atomic E-state index is -4.37. The molecule has 0 saturated heterocycles. The number of hydrogen-bond donors (Lipinski definition) is 2. The maximum Gasteiger partial charge on any atom is 0.416 e. The first-order valence-electron chi connectivity index (χ1n) is 7.68. The van der Waals surface area contributed by atoms with Crippen LogP contribution in [0.5, 0.6) is 0 Å². The van der Waals surface area contributed by atoms with E-state index in [-0.39, 0.29) is 5.82 Å². The summed E-state index contributed by atoms with van der Waals surface area (Å²) in [6.45, 7) is 0. The maximum absolute atomic E-state index is 12.1. The molecule has 1 aromatic heterocycles. The van der Waals surface area contributed by atoms with Gasteiger partial charge in [-0.1, -0.05) is 60.7 Å². The highest BCUT2D eigenvalue weighted by Gasteiger charge is 2.31. The van der Waals surface area contributed by atoms with Gasteiger partial charge < -0.3 is 9.46 Å². The molecule has 0 fully saturated rings. The number of anilines is 1. The second-order valence-corrected chi connectivity index (χ2v) is 7.60. The van der Waals surface area contributed by atoms with Crippen LogP contribution in [0.15, 0.2) is 79.0 Å². The molecule has 9 heteroatoms. The molecule has 0 spiro atoms. The molecule has 1 heterocycles. The Morgan fingerprint density at radius 2 is 1.33 bits per heavy atom. The number of nitrogens with two attached hydrogens (primary N) is 2. The van der Waals surface area contributed by atoms with Gasteiger partial charge >= 0.3 is 6.18 Å². The van der Waals surface area contributed by atoms with Crippen LogP contribution >= 0.6 is 7.37 Å². The third-order valence-corrected chi connectivity index (χ3v) is 5.49. The van der Waals surface area contributed by atoms with Gasteiger partial charge in [0.1, 0.15) is 6.20 Å². The Hall–Kier alpha value is -2.83. The molecule has 0 saturated carbocycles. The predicted octanol–water partition coefficient (Wildman–Crippen LogP) is 1.56. The summed E-state index contributed by atoms with van der Waals surface area (Å²) in [4.78, 5) is 12.1. The molecule has 27 heavy (non-hydrogen) atoms. The summed E-state index contributed by atoms with van der Waals surface area (Å²) < 4.78 is 49.0. The first-order valence-corrected chi connectivity index (χ1v) is 9.30. The Balaban J connectivity index is 0.000000199. The standard InChI is InChI=1S/C12H11O2P.C6H6F3N3/c13-15(14,11-7-3-1-4-8-11)12-9-5-2-6-10-12;7-6(8,9)4-1-2-12(11)5(10)3-4/h1-10H,(H,13,14);1-3,10H,11H2. The molecule has 0 bridgehead atoms. The Kier molecular flexibility index (Phi) is 6.25. The molecular weight excluding hydrogens is 378 g/mol. The number of nitrogen functional groups attached to an aromatic ring is 2. The van der Waals surface area contributed by atoms with Crippen molar-refractivity contribution in [2.45, 2.75) is 6.18 Å². The second-order valence-electron chi connectivity index (χ2n) is 5.47. The molecular formula is C18H17F3N3O2P. The largest absolute Gasteiger partial charge is 0.793 e. The average molecular weight is 395 g/mol. The third kappa shape index (κ3) is 5.32. The molecule has 4 N–H and O–H groups in total. The predicted molar refractivity (Wildman–Crippen MR) is 96.0 cm³/mol. The lowest BCUT2D eigenvalue weighted by atomic mass is 10.2. The number of nitrogens with zero attached hydrogens (tertiary/aromatic N) is 1. The number of alkyl halides is 3. The smallest absolute Gasteiger partial charge is 0.416 e. The monoisotopic (exact) mass is 395 g/mol. The zero-order valence-electron chi connectivity index (χ0n) is 14.0. The summed E-state index contributed by atoms with van der Waals surface area (Å²) >= 11 is 0. The third-order valence-electron chi connectivity index (χ3n) is 3.54. The number of halogens is 3. The van der Waals surface area contributed by atoms with Gasteiger partial charge in [0.2, 0.25) is 0 Å². The van der Waals surface area contributed by atoms with Crippen LogP contribution in [0, 0.1) is 0 Å². The molecule has 5 nitrogen and oxygen atoms in total. The molecule has 2 aromatic carbocycles. The van der Waals surface area contributed by atoms with Gasteiger partial charge in [-0.2, -0.15) is 13.2 Å². The number of pyridine rings is 1. The van der Waals surface area contributed by atoms with Crippen LogP contribution in [0.1, 0.15) is 5.56 Å². The average Bonchev–Trinajstić information content (AvgIpc) is 2.65. The second kappa shape index (κ2) is 8.24. The Bertz CT molecular complexity index is 892. The van der Waals surface area contributed by atoms with E-state index in [0.29, 0.717) is 10.6 Å². The number of hydrogen-bond acceptors (Lipinski definition) is 4.